The van der Waals surface area contributed by atoms with Crippen molar-refractivity contribution in [1.29, 1.82) is 0 Å². The number of aromatic nitrogens is 2. The van der Waals surface area contributed by atoms with Crippen molar-refractivity contribution in [3.8, 4) is 0 Å². The minimum absolute atomic E-state index is 0.188. The third-order valence-corrected chi connectivity index (χ3v) is 5.15. The first kappa shape index (κ1) is 25.4. The molecule has 32 heavy (non-hydrogen) atoms. The van der Waals surface area contributed by atoms with Crippen molar-refractivity contribution in [1.82, 2.24) is 14.9 Å². The van der Waals surface area contributed by atoms with Crippen LogP contribution in [0.3, 0.4) is 0 Å². The van der Waals surface area contributed by atoms with E-state index in [0.29, 0.717) is 41.7 Å². The second-order valence-corrected chi connectivity index (χ2v) is 8.72. The Bertz CT molecular complexity index is 1010. The lowest BCUT2D eigenvalue weighted by Crippen LogP contribution is -2.21. The SMILES string of the molecule is [C-]#[N+]c1c(C(C)(C)C)nn(CCNP)c1N=Nc1ccc(N(CC)CC)cc1NC(C)=O. The number of hydrogen-bond acceptors (Lipinski definition) is 6. The molecule has 2 aromatic rings. The van der Waals surface area contributed by atoms with Gasteiger partial charge in [0.15, 0.2) is 5.82 Å². The summed E-state index contributed by atoms with van der Waals surface area (Å²) >= 11 is 0. The Morgan fingerprint density at radius 3 is 2.50 bits per heavy atom. The van der Waals surface area contributed by atoms with Crippen LogP contribution in [0.15, 0.2) is 28.4 Å². The van der Waals surface area contributed by atoms with Gasteiger partial charge in [0.1, 0.15) is 5.69 Å². The van der Waals surface area contributed by atoms with E-state index in [2.05, 4.69) is 58.7 Å². The van der Waals surface area contributed by atoms with Crippen LogP contribution in [-0.4, -0.2) is 35.3 Å². The summed E-state index contributed by atoms with van der Waals surface area (Å²) in [6, 6.07) is 5.68. The number of benzene rings is 1. The largest absolute Gasteiger partial charge is 0.372 e. The molecule has 172 valence electrons. The van der Waals surface area contributed by atoms with E-state index >= 15 is 0 Å². The topological polar surface area (TPSA) is 91.3 Å². The standard InChI is InChI=1S/C22H33N8OP/c1-8-29(9-2)16-10-11-17(18(14-16)25-15(3)31)26-27-21-19(23-7)20(22(4,5)6)28-30(21)13-12-24-32/h10-11,14,24H,8-9,12-13,32H2,1-6H3,(H,25,31). The summed E-state index contributed by atoms with van der Waals surface area (Å²) in [6.07, 6.45) is 0. The number of rotatable bonds is 9. The van der Waals surface area contributed by atoms with Crippen LogP contribution in [0.2, 0.25) is 0 Å². The second-order valence-electron chi connectivity index (χ2n) is 8.31. The summed E-state index contributed by atoms with van der Waals surface area (Å²) in [5, 5.41) is 19.4. The van der Waals surface area contributed by atoms with Crippen LogP contribution in [0.25, 0.3) is 4.85 Å². The maximum absolute atomic E-state index is 11.8. The van der Waals surface area contributed by atoms with Crippen LogP contribution in [-0.2, 0) is 16.8 Å². The van der Waals surface area contributed by atoms with Crippen molar-refractivity contribution in [3.05, 3.63) is 35.3 Å². The summed E-state index contributed by atoms with van der Waals surface area (Å²) < 4.78 is 1.71. The maximum Gasteiger partial charge on any atom is 0.255 e. The van der Waals surface area contributed by atoms with E-state index in [4.69, 9.17) is 6.57 Å². The highest BCUT2D eigenvalue weighted by molar-refractivity contribution is 7.13. The van der Waals surface area contributed by atoms with E-state index in [1.54, 1.807) is 4.68 Å². The Balaban J connectivity index is 2.57. The van der Waals surface area contributed by atoms with E-state index in [-0.39, 0.29) is 11.3 Å². The van der Waals surface area contributed by atoms with Crippen LogP contribution >= 0.6 is 9.39 Å². The molecular weight excluding hydrogens is 423 g/mol. The smallest absolute Gasteiger partial charge is 0.255 e. The van der Waals surface area contributed by atoms with Crippen LogP contribution in [0.1, 0.15) is 47.2 Å². The van der Waals surface area contributed by atoms with E-state index in [1.807, 2.05) is 39.0 Å². The number of carbonyl (C=O) groups is 1. The molecule has 0 spiro atoms. The molecule has 1 heterocycles. The van der Waals surface area contributed by atoms with Gasteiger partial charge in [-0.25, -0.2) is 4.85 Å². The molecule has 1 aromatic heterocycles. The number of anilines is 2. The number of azo groups is 1. The van der Waals surface area contributed by atoms with Gasteiger partial charge in [0.05, 0.1) is 24.5 Å². The summed E-state index contributed by atoms with van der Waals surface area (Å²) in [7, 11) is 2.46. The molecule has 0 aliphatic heterocycles. The molecule has 0 fully saturated rings. The van der Waals surface area contributed by atoms with Gasteiger partial charge in [-0.3, -0.25) is 14.6 Å². The van der Waals surface area contributed by atoms with Crippen molar-refractivity contribution in [2.75, 3.05) is 29.9 Å². The summed E-state index contributed by atoms with van der Waals surface area (Å²) in [6.45, 7) is 22.3. The van der Waals surface area contributed by atoms with Crippen molar-refractivity contribution in [2.24, 2.45) is 10.2 Å². The van der Waals surface area contributed by atoms with Gasteiger partial charge >= 0.3 is 0 Å². The molecule has 9 nitrogen and oxygen atoms in total. The highest BCUT2D eigenvalue weighted by atomic mass is 31.0. The lowest BCUT2D eigenvalue weighted by molar-refractivity contribution is -0.114. The molecule has 0 aliphatic rings. The predicted molar refractivity (Wildman–Crippen MR) is 133 cm³/mol. The first-order chi connectivity index (χ1) is 15.2. The lowest BCUT2D eigenvalue weighted by Gasteiger charge is -2.22. The van der Waals surface area contributed by atoms with Gasteiger partial charge in [-0.05, 0) is 37.5 Å². The van der Waals surface area contributed by atoms with Gasteiger partial charge < -0.3 is 10.2 Å². The minimum Gasteiger partial charge on any atom is -0.372 e. The molecule has 0 saturated heterocycles. The zero-order chi connectivity index (χ0) is 23.9. The fourth-order valence-electron chi connectivity index (χ4n) is 3.26. The van der Waals surface area contributed by atoms with Crippen LogP contribution in [0.5, 0.6) is 0 Å². The monoisotopic (exact) mass is 456 g/mol. The maximum atomic E-state index is 11.8. The first-order valence-corrected chi connectivity index (χ1v) is 11.2. The first-order valence-electron chi connectivity index (χ1n) is 10.7. The Kier molecular flexibility index (Phi) is 8.88. The number of hydrogen-bond donors (Lipinski definition) is 2. The van der Waals surface area contributed by atoms with Gasteiger partial charge in [-0.2, -0.15) is 5.10 Å². The Morgan fingerprint density at radius 2 is 1.97 bits per heavy atom. The average molecular weight is 457 g/mol. The number of carbonyl (C=O) groups excluding carboxylic acids is 1. The molecule has 0 bridgehead atoms. The third kappa shape index (κ3) is 6.12. The zero-order valence-electron chi connectivity index (χ0n) is 19.7. The fraction of sp³-hybridized carbons (Fsp3) is 0.500. The van der Waals surface area contributed by atoms with Gasteiger partial charge in [-0.15, -0.1) is 10.2 Å². The molecule has 0 saturated carbocycles. The molecule has 2 N–H and O–H groups in total. The predicted octanol–water partition coefficient (Wildman–Crippen LogP) is 5.33. The lowest BCUT2D eigenvalue weighted by atomic mass is 9.91. The Morgan fingerprint density at radius 1 is 1.28 bits per heavy atom. The number of nitrogens with zero attached hydrogens (tertiary/aromatic N) is 6. The summed E-state index contributed by atoms with van der Waals surface area (Å²) in [4.78, 5) is 17.7. The van der Waals surface area contributed by atoms with Crippen LogP contribution in [0.4, 0.5) is 28.6 Å². The third-order valence-electron chi connectivity index (χ3n) is 4.86. The van der Waals surface area contributed by atoms with Crippen LogP contribution < -0.4 is 15.3 Å². The summed E-state index contributed by atoms with van der Waals surface area (Å²) in [5.41, 5.74) is 2.85. The number of nitrogens with one attached hydrogen (secondary N) is 2. The molecule has 1 unspecified atom stereocenters. The molecular formula is C22H33N8OP. The van der Waals surface area contributed by atoms with Crippen LogP contribution in [0, 0.1) is 6.57 Å². The normalized spacial score (nSPS) is 11.6. The van der Waals surface area contributed by atoms with Crippen molar-refractivity contribution < 1.29 is 4.79 Å². The van der Waals surface area contributed by atoms with Gasteiger partial charge in [-0.1, -0.05) is 30.2 Å². The Labute approximate surface area is 192 Å². The average Bonchev–Trinajstić information content (AvgIpc) is 3.10. The number of amides is 1. The molecule has 2 rings (SSSR count). The molecule has 0 radical (unpaired) electrons. The van der Waals surface area contributed by atoms with Gasteiger partial charge in [0.2, 0.25) is 5.91 Å². The van der Waals surface area contributed by atoms with E-state index in [0.717, 1.165) is 18.8 Å². The minimum atomic E-state index is -0.309. The molecule has 0 aliphatic carbocycles. The van der Waals surface area contributed by atoms with E-state index in [1.165, 1.54) is 6.92 Å². The Hall–Kier alpha value is -2.82. The van der Waals surface area contributed by atoms with Crippen molar-refractivity contribution in [3.63, 3.8) is 0 Å². The second kappa shape index (κ2) is 11.2. The molecule has 10 heteroatoms. The van der Waals surface area contributed by atoms with Crippen molar-refractivity contribution in [2.45, 2.75) is 53.5 Å². The van der Waals surface area contributed by atoms with Gasteiger partial charge in [0.25, 0.3) is 5.69 Å². The van der Waals surface area contributed by atoms with Crippen molar-refractivity contribution >= 4 is 43.9 Å². The highest BCUT2D eigenvalue weighted by Crippen LogP contribution is 2.40. The molecule has 1 atom stereocenters. The zero-order valence-corrected chi connectivity index (χ0v) is 20.9. The van der Waals surface area contributed by atoms with E-state index < -0.39 is 0 Å². The molecule has 1 amide bonds. The highest BCUT2D eigenvalue weighted by Gasteiger charge is 2.27. The molecule has 1 aromatic carbocycles. The fourth-order valence-corrected chi connectivity index (χ4v) is 3.39. The quantitative estimate of drug-likeness (QED) is 0.303. The summed E-state index contributed by atoms with van der Waals surface area (Å²) in [5.74, 6) is 0.221. The van der Waals surface area contributed by atoms with Gasteiger partial charge in [0, 0.05) is 32.2 Å². The van der Waals surface area contributed by atoms with E-state index in [9.17, 15) is 4.79 Å².